The van der Waals surface area contributed by atoms with Gasteiger partial charge in [-0.2, -0.15) is 18.3 Å². The number of carbonyl (C=O) groups is 1. The van der Waals surface area contributed by atoms with E-state index in [1.807, 2.05) is 6.92 Å². The lowest BCUT2D eigenvalue weighted by molar-refractivity contribution is -0.142. The third-order valence-corrected chi connectivity index (χ3v) is 6.66. The molecule has 0 aliphatic heterocycles. The molecule has 5 rings (SSSR count). The molecule has 0 saturated heterocycles. The lowest BCUT2D eigenvalue weighted by atomic mass is 9.97. The first kappa shape index (κ1) is 21.7. The summed E-state index contributed by atoms with van der Waals surface area (Å²) in [5, 5.41) is 6.95. The van der Waals surface area contributed by atoms with Gasteiger partial charge in [0.1, 0.15) is 18.1 Å². The van der Waals surface area contributed by atoms with Gasteiger partial charge in [-0.1, -0.05) is 6.92 Å². The summed E-state index contributed by atoms with van der Waals surface area (Å²) in [6.07, 6.45) is 1.25. The van der Waals surface area contributed by atoms with E-state index in [1.165, 1.54) is 24.5 Å². The average Bonchev–Trinajstić information content (AvgIpc) is 3.05. The van der Waals surface area contributed by atoms with Crippen molar-refractivity contribution in [1.29, 1.82) is 0 Å². The minimum Gasteiger partial charge on any atom is -0.490 e. The van der Waals surface area contributed by atoms with Gasteiger partial charge in [-0.3, -0.25) is 14.5 Å². The summed E-state index contributed by atoms with van der Waals surface area (Å²) in [5.41, 5.74) is 0.915. The third-order valence-electron chi connectivity index (χ3n) is 6.66. The molecule has 10 heteroatoms. The normalized spacial score (nSPS) is 25.0. The standard InChI is InChI=1S/C23H22F4N4O2/c1-12(22(32)30-14-9-29-31(10-14)11-23(25,26)27)21-16-7-15(8-17(16)21)33-20-4-5-28-19-3-2-13(24)6-18(19)20/h2-6,9-10,12,15-17,21H,7-8,11H2,1H3,(H,30,32)/t12?,15-,16-,17+,21+. The Morgan fingerprint density at radius 2 is 2.03 bits per heavy atom. The molecule has 0 radical (unpaired) electrons. The van der Waals surface area contributed by atoms with Crippen LogP contribution < -0.4 is 10.1 Å². The zero-order valence-corrected chi connectivity index (χ0v) is 17.7. The van der Waals surface area contributed by atoms with E-state index in [0.29, 0.717) is 28.5 Å². The third kappa shape index (κ3) is 4.51. The molecular weight excluding hydrogens is 440 g/mol. The van der Waals surface area contributed by atoms with Crippen LogP contribution in [-0.2, 0) is 11.3 Å². The maximum absolute atomic E-state index is 13.7. The number of nitrogens with zero attached hydrogens (tertiary/aromatic N) is 3. The second-order valence-corrected chi connectivity index (χ2v) is 8.91. The van der Waals surface area contributed by atoms with Gasteiger partial charge in [0.15, 0.2) is 0 Å². The molecule has 1 unspecified atom stereocenters. The van der Waals surface area contributed by atoms with Crippen LogP contribution in [0.3, 0.4) is 0 Å². The molecule has 2 fully saturated rings. The lowest BCUT2D eigenvalue weighted by Gasteiger charge is -2.20. The highest BCUT2D eigenvalue weighted by Crippen LogP contribution is 2.61. The molecule has 2 aliphatic carbocycles. The van der Waals surface area contributed by atoms with E-state index in [2.05, 4.69) is 15.4 Å². The molecule has 2 heterocycles. The van der Waals surface area contributed by atoms with E-state index in [4.69, 9.17) is 4.74 Å². The zero-order chi connectivity index (χ0) is 23.3. The van der Waals surface area contributed by atoms with Crippen LogP contribution in [0.25, 0.3) is 10.9 Å². The van der Waals surface area contributed by atoms with E-state index < -0.39 is 12.7 Å². The summed E-state index contributed by atoms with van der Waals surface area (Å²) in [4.78, 5) is 16.9. The SMILES string of the molecule is CC(C(=O)Nc1cnn(CC(F)(F)F)c1)[C@H]1[C@@H]2C[C@@H](Oc3ccnc4ccc(F)cc34)C[C@@H]21. The first-order chi connectivity index (χ1) is 15.7. The Morgan fingerprint density at radius 1 is 1.27 bits per heavy atom. The van der Waals surface area contributed by atoms with Crippen LogP contribution in [0.2, 0.25) is 0 Å². The van der Waals surface area contributed by atoms with Crippen LogP contribution in [-0.4, -0.2) is 33.0 Å². The molecule has 1 amide bonds. The quantitative estimate of drug-likeness (QED) is 0.534. The van der Waals surface area contributed by atoms with Crippen molar-refractivity contribution in [2.45, 2.75) is 38.6 Å². The van der Waals surface area contributed by atoms with E-state index in [1.54, 1.807) is 18.3 Å². The van der Waals surface area contributed by atoms with Crippen LogP contribution in [0, 0.1) is 29.5 Å². The minimum atomic E-state index is -4.37. The summed E-state index contributed by atoms with van der Waals surface area (Å²) >= 11 is 0. The number of aromatic nitrogens is 3. The molecule has 33 heavy (non-hydrogen) atoms. The van der Waals surface area contributed by atoms with Gasteiger partial charge in [0.2, 0.25) is 5.91 Å². The minimum absolute atomic E-state index is 0.0130. The zero-order valence-electron chi connectivity index (χ0n) is 17.7. The summed E-state index contributed by atoms with van der Waals surface area (Å²) < 4.78 is 58.0. The van der Waals surface area contributed by atoms with Crippen molar-refractivity contribution < 1.29 is 27.1 Å². The number of amides is 1. The number of halogens is 4. The summed E-state index contributed by atoms with van der Waals surface area (Å²) in [6.45, 7) is 0.638. The number of rotatable bonds is 6. The Hall–Kier alpha value is -3.17. The number of hydrogen-bond acceptors (Lipinski definition) is 4. The van der Waals surface area contributed by atoms with Crippen molar-refractivity contribution in [3.63, 3.8) is 0 Å². The molecule has 1 aromatic carbocycles. The number of ether oxygens (including phenoxy) is 1. The predicted octanol–water partition coefficient (Wildman–Crippen LogP) is 4.81. The van der Waals surface area contributed by atoms with Crippen molar-refractivity contribution in [2.75, 3.05) is 5.32 Å². The lowest BCUT2D eigenvalue weighted by Crippen LogP contribution is -2.25. The highest BCUT2D eigenvalue weighted by atomic mass is 19.4. The van der Waals surface area contributed by atoms with Crippen LogP contribution >= 0.6 is 0 Å². The van der Waals surface area contributed by atoms with Gasteiger partial charge < -0.3 is 10.1 Å². The van der Waals surface area contributed by atoms with Crippen molar-refractivity contribution in [3.05, 3.63) is 48.7 Å². The number of hydrogen-bond donors (Lipinski definition) is 1. The second-order valence-electron chi connectivity index (χ2n) is 8.91. The van der Waals surface area contributed by atoms with E-state index in [0.717, 1.165) is 17.5 Å². The van der Waals surface area contributed by atoms with Crippen LogP contribution in [0.5, 0.6) is 5.75 Å². The van der Waals surface area contributed by atoms with E-state index in [9.17, 15) is 22.4 Å². The van der Waals surface area contributed by atoms with Crippen molar-refractivity contribution in [2.24, 2.45) is 23.7 Å². The highest BCUT2D eigenvalue weighted by molar-refractivity contribution is 5.92. The summed E-state index contributed by atoms with van der Waals surface area (Å²) in [5.74, 6) is 0.669. The Kier molecular flexibility index (Phi) is 5.25. The fraction of sp³-hybridized carbons (Fsp3) is 0.435. The largest absolute Gasteiger partial charge is 0.490 e. The van der Waals surface area contributed by atoms with E-state index in [-0.39, 0.29) is 35.4 Å². The number of alkyl halides is 3. The number of carbonyl (C=O) groups excluding carboxylic acids is 1. The molecular formula is C23H22F4N4O2. The first-order valence-corrected chi connectivity index (χ1v) is 10.8. The highest BCUT2D eigenvalue weighted by Gasteiger charge is 2.59. The molecule has 174 valence electrons. The molecule has 2 saturated carbocycles. The van der Waals surface area contributed by atoms with Gasteiger partial charge in [0.05, 0.1) is 23.5 Å². The van der Waals surface area contributed by atoms with Crippen LogP contribution in [0.15, 0.2) is 42.9 Å². The molecule has 3 aromatic rings. The monoisotopic (exact) mass is 462 g/mol. The van der Waals surface area contributed by atoms with Gasteiger partial charge in [-0.15, -0.1) is 0 Å². The maximum Gasteiger partial charge on any atom is 0.408 e. The topological polar surface area (TPSA) is 69.0 Å². The Morgan fingerprint density at radius 3 is 2.76 bits per heavy atom. The molecule has 5 atom stereocenters. The van der Waals surface area contributed by atoms with Gasteiger partial charge >= 0.3 is 6.18 Å². The molecule has 2 aliphatic rings. The number of nitrogens with one attached hydrogen (secondary N) is 1. The van der Waals surface area contributed by atoms with Gasteiger partial charge in [-0.05, 0) is 54.9 Å². The molecule has 0 spiro atoms. The number of fused-ring (bicyclic) bond motifs is 2. The van der Waals surface area contributed by atoms with Crippen molar-refractivity contribution >= 4 is 22.5 Å². The Labute approximate surface area is 186 Å². The number of pyridine rings is 1. The maximum atomic E-state index is 13.7. The fourth-order valence-corrected chi connectivity index (χ4v) is 5.18. The van der Waals surface area contributed by atoms with Crippen LogP contribution in [0.4, 0.5) is 23.2 Å². The molecule has 2 aromatic heterocycles. The molecule has 1 N–H and O–H groups in total. The Balaban J connectivity index is 1.16. The van der Waals surface area contributed by atoms with Crippen molar-refractivity contribution in [3.8, 4) is 5.75 Å². The Bertz CT molecular complexity index is 1180. The summed E-state index contributed by atoms with van der Waals surface area (Å²) in [6, 6.07) is 6.13. The summed E-state index contributed by atoms with van der Waals surface area (Å²) in [7, 11) is 0. The van der Waals surface area contributed by atoms with Gasteiger partial charge in [0.25, 0.3) is 0 Å². The fourth-order valence-electron chi connectivity index (χ4n) is 5.18. The van der Waals surface area contributed by atoms with Gasteiger partial charge in [0, 0.05) is 23.7 Å². The second kappa shape index (κ2) is 8.00. The predicted molar refractivity (Wildman–Crippen MR) is 112 cm³/mol. The molecule has 0 bridgehead atoms. The number of benzene rings is 1. The van der Waals surface area contributed by atoms with Gasteiger partial charge in [-0.25, -0.2) is 4.39 Å². The van der Waals surface area contributed by atoms with Crippen LogP contribution in [0.1, 0.15) is 19.8 Å². The first-order valence-electron chi connectivity index (χ1n) is 10.8. The average molecular weight is 462 g/mol. The molecule has 6 nitrogen and oxygen atoms in total. The van der Waals surface area contributed by atoms with E-state index >= 15 is 0 Å². The number of anilines is 1. The smallest absolute Gasteiger partial charge is 0.408 e. The van der Waals surface area contributed by atoms with Crippen molar-refractivity contribution in [1.82, 2.24) is 14.8 Å².